The molecule has 0 aromatic rings. The van der Waals surface area contributed by atoms with Gasteiger partial charge >= 0.3 is 6.03 Å². The standard InChI is InChI=1S/C8H17N3O/c1-6(4-5-9)10-8(12)11-7-2-3-7/h6-7H,2-5,9H2,1H3,(H2,10,11,12). The predicted molar refractivity (Wildman–Crippen MR) is 47.8 cm³/mol. The third-order valence-electron chi connectivity index (χ3n) is 1.89. The van der Waals surface area contributed by atoms with Gasteiger partial charge in [-0.15, -0.1) is 0 Å². The summed E-state index contributed by atoms with van der Waals surface area (Å²) in [5.41, 5.74) is 5.35. The van der Waals surface area contributed by atoms with Crippen LogP contribution in [0.1, 0.15) is 26.2 Å². The van der Waals surface area contributed by atoms with E-state index in [1.165, 1.54) is 0 Å². The lowest BCUT2D eigenvalue weighted by Crippen LogP contribution is -2.42. The van der Waals surface area contributed by atoms with E-state index < -0.39 is 0 Å². The quantitative estimate of drug-likeness (QED) is 0.565. The van der Waals surface area contributed by atoms with Gasteiger partial charge in [0.05, 0.1) is 0 Å². The first-order valence-corrected chi connectivity index (χ1v) is 4.49. The van der Waals surface area contributed by atoms with Gasteiger partial charge in [0.2, 0.25) is 0 Å². The molecule has 0 saturated heterocycles. The second-order valence-electron chi connectivity index (χ2n) is 3.37. The number of carbonyl (C=O) groups is 1. The topological polar surface area (TPSA) is 67.1 Å². The molecule has 12 heavy (non-hydrogen) atoms. The summed E-state index contributed by atoms with van der Waals surface area (Å²) in [4.78, 5) is 11.1. The fourth-order valence-electron chi connectivity index (χ4n) is 1.00. The zero-order valence-corrected chi connectivity index (χ0v) is 7.47. The Kier molecular flexibility index (Phi) is 3.34. The van der Waals surface area contributed by atoms with Crippen LogP contribution in [0.3, 0.4) is 0 Å². The fraction of sp³-hybridized carbons (Fsp3) is 0.875. The summed E-state index contributed by atoms with van der Waals surface area (Å²) in [5.74, 6) is 0. The highest BCUT2D eigenvalue weighted by Crippen LogP contribution is 2.18. The van der Waals surface area contributed by atoms with Crippen molar-refractivity contribution in [2.75, 3.05) is 6.54 Å². The van der Waals surface area contributed by atoms with Crippen LogP contribution in [-0.4, -0.2) is 24.7 Å². The smallest absolute Gasteiger partial charge is 0.315 e. The van der Waals surface area contributed by atoms with Gasteiger partial charge in [-0.3, -0.25) is 0 Å². The fourth-order valence-corrected chi connectivity index (χ4v) is 1.00. The predicted octanol–water partition coefficient (Wildman–Crippen LogP) is 0.185. The lowest BCUT2D eigenvalue weighted by molar-refractivity contribution is 0.237. The summed E-state index contributed by atoms with van der Waals surface area (Å²) in [6.45, 7) is 2.57. The van der Waals surface area contributed by atoms with Crippen molar-refractivity contribution in [2.24, 2.45) is 5.73 Å². The minimum Gasteiger partial charge on any atom is -0.336 e. The van der Waals surface area contributed by atoms with E-state index >= 15 is 0 Å². The van der Waals surface area contributed by atoms with Gasteiger partial charge in [-0.1, -0.05) is 0 Å². The number of hydrogen-bond acceptors (Lipinski definition) is 2. The van der Waals surface area contributed by atoms with Gasteiger partial charge in [0.25, 0.3) is 0 Å². The number of rotatable bonds is 4. The molecule has 0 aromatic carbocycles. The number of nitrogens with two attached hydrogens (primary N) is 1. The Hall–Kier alpha value is -0.770. The molecule has 0 heterocycles. The maximum atomic E-state index is 11.1. The van der Waals surface area contributed by atoms with Gasteiger partial charge in [0, 0.05) is 12.1 Å². The molecular formula is C8H17N3O. The molecule has 70 valence electrons. The molecule has 0 bridgehead atoms. The highest BCUT2D eigenvalue weighted by molar-refractivity contribution is 5.74. The van der Waals surface area contributed by atoms with Crippen molar-refractivity contribution in [1.29, 1.82) is 0 Å². The van der Waals surface area contributed by atoms with Gasteiger partial charge in [-0.25, -0.2) is 4.79 Å². The highest BCUT2D eigenvalue weighted by Gasteiger charge is 2.23. The second kappa shape index (κ2) is 4.30. The molecule has 1 saturated carbocycles. The van der Waals surface area contributed by atoms with Gasteiger partial charge in [0.15, 0.2) is 0 Å². The van der Waals surface area contributed by atoms with E-state index in [1.807, 2.05) is 6.92 Å². The summed E-state index contributed by atoms with van der Waals surface area (Å²) in [5, 5.41) is 5.67. The summed E-state index contributed by atoms with van der Waals surface area (Å²) >= 11 is 0. The number of hydrogen-bond donors (Lipinski definition) is 3. The molecule has 1 atom stereocenters. The normalized spacial score (nSPS) is 18.5. The first kappa shape index (κ1) is 9.32. The van der Waals surface area contributed by atoms with Crippen molar-refractivity contribution >= 4 is 6.03 Å². The maximum absolute atomic E-state index is 11.1. The van der Waals surface area contributed by atoms with Crippen molar-refractivity contribution in [3.8, 4) is 0 Å². The van der Waals surface area contributed by atoms with Crippen LogP contribution in [0, 0.1) is 0 Å². The Morgan fingerprint density at radius 2 is 2.33 bits per heavy atom. The van der Waals surface area contributed by atoms with Crippen LogP contribution < -0.4 is 16.4 Å². The number of urea groups is 1. The lowest BCUT2D eigenvalue weighted by atomic mass is 10.2. The minimum absolute atomic E-state index is 0.0570. The van der Waals surface area contributed by atoms with E-state index in [9.17, 15) is 4.79 Å². The average Bonchev–Trinajstić information content (AvgIpc) is 2.71. The Morgan fingerprint density at radius 3 is 2.83 bits per heavy atom. The molecule has 2 amide bonds. The van der Waals surface area contributed by atoms with Gasteiger partial charge in [0.1, 0.15) is 0 Å². The zero-order valence-electron chi connectivity index (χ0n) is 7.47. The van der Waals surface area contributed by atoms with Crippen molar-refractivity contribution in [1.82, 2.24) is 10.6 Å². The first-order valence-electron chi connectivity index (χ1n) is 4.49. The van der Waals surface area contributed by atoms with Gasteiger partial charge in [-0.2, -0.15) is 0 Å². The second-order valence-corrected chi connectivity index (χ2v) is 3.37. The molecule has 1 rings (SSSR count). The maximum Gasteiger partial charge on any atom is 0.315 e. The monoisotopic (exact) mass is 171 g/mol. The number of carbonyl (C=O) groups excluding carboxylic acids is 1. The summed E-state index contributed by atoms with van der Waals surface area (Å²) in [7, 11) is 0. The van der Waals surface area contributed by atoms with E-state index in [4.69, 9.17) is 5.73 Å². The van der Waals surface area contributed by atoms with E-state index in [0.717, 1.165) is 19.3 Å². The molecule has 0 aliphatic heterocycles. The molecule has 0 aromatic heterocycles. The summed E-state index contributed by atoms with van der Waals surface area (Å²) < 4.78 is 0. The Labute approximate surface area is 72.9 Å². The summed E-state index contributed by atoms with van der Waals surface area (Å²) in [6.07, 6.45) is 3.08. The van der Waals surface area contributed by atoms with Crippen molar-refractivity contribution in [3.63, 3.8) is 0 Å². The average molecular weight is 171 g/mol. The van der Waals surface area contributed by atoms with E-state index in [-0.39, 0.29) is 12.1 Å². The van der Waals surface area contributed by atoms with E-state index in [0.29, 0.717) is 12.6 Å². The van der Waals surface area contributed by atoms with Crippen LogP contribution in [0.5, 0.6) is 0 Å². The molecule has 4 N–H and O–H groups in total. The van der Waals surface area contributed by atoms with Crippen LogP contribution >= 0.6 is 0 Å². The summed E-state index contributed by atoms with van der Waals surface area (Å²) in [6, 6.07) is 0.544. The van der Waals surface area contributed by atoms with Crippen molar-refractivity contribution in [2.45, 2.75) is 38.3 Å². The molecule has 1 aliphatic carbocycles. The minimum atomic E-state index is -0.0570. The van der Waals surface area contributed by atoms with E-state index in [2.05, 4.69) is 10.6 Å². The Morgan fingerprint density at radius 1 is 1.67 bits per heavy atom. The van der Waals surface area contributed by atoms with Crippen LogP contribution in [0.15, 0.2) is 0 Å². The van der Waals surface area contributed by atoms with Crippen molar-refractivity contribution < 1.29 is 4.79 Å². The van der Waals surface area contributed by atoms with Crippen LogP contribution in [0.4, 0.5) is 4.79 Å². The molecule has 0 radical (unpaired) electrons. The SMILES string of the molecule is CC(CCN)NC(=O)NC1CC1. The Bertz CT molecular complexity index is 156. The number of nitrogens with one attached hydrogen (secondary N) is 2. The van der Waals surface area contributed by atoms with Gasteiger partial charge < -0.3 is 16.4 Å². The molecule has 1 aliphatic rings. The highest BCUT2D eigenvalue weighted by atomic mass is 16.2. The van der Waals surface area contributed by atoms with Gasteiger partial charge in [-0.05, 0) is 32.7 Å². The molecule has 4 heteroatoms. The molecular weight excluding hydrogens is 154 g/mol. The Balaban J connectivity index is 2.06. The van der Waals surface area contributed by atoms with E-state index in [1.54, 1.807) is 0 Å². The van der Waals surface area contributed by atoms with Crippen LogP contribution in [-0.2, 0) is 0 Å². The molecule has 0 spiro atoms. The lowest BCUT2D eigenvalue weighted by Gasteiger charge is -2.12. The van der Waals surface area contributed by atoms with Crippen LogP contribution in [0.2, 0.25) is 0 Å². The number of amides is 2. The van der Waals surface area contributed by atoms with Crippen LogP contribution in [0.25, 0.3) is 0 Å². The third-order valence-corrected chi connectivity index (χ3v) is 1.89. The zero-order chi connectivity index (χ0) is 8.97. The third kappa shape index (κ3) is 3.57. The molecule has 4 nitrogen and oxygen atoms in total. The molecule has 1 unspecified atom stereocenters. The first-order chi connectivity index (χ1) is 5.72. The van der Waals surface area contributed by atoms with Crippen molar-refractivity contribution in [3.05, 3.63) is 0 Å². The largest absolute Gasteiger partial charge is 0.336 e. The molecule has 1 fully saturated rings.